The van der Waals surface area contributed by atoms with Crippen molar-refractivity contribution >= 4 is 17.5 Å². The number of halogens is 1. The van der Waals surface area contributed by atoms with Crippen LogP contribution in [0, 0.1) is 0 Å². The zero-order chi connectivity index (χ0) is 13.1. The van der Waals surface area contributed by atoms with Crippen molar-refractivity contribution in [2.45, 2.75) is 19.4 Å². The summed E-state index contributed by atoms with van der Waals surface area (Å²) in [6.45, 7) is 3.67. The number of phenols is 1. The van der Waals surface area contributed by atoms with Crippen LogP contribution in [0.2, 0.25) is 5.02 Å². The zero-order valence-electron chi connectivity index (χ0n) is 10.2. The number of hydrogen-bond donors (Lipinski definition) is 1. The Bertz CT molecular complexity index is 450. The maximum atomic E-state index is 12.4. The smallest absolute Gasteiger partial charge is 0.255 e. The van der Waals surface area contributed by atoms with Crippen molar-refractivity contribution in [3.05, 3.63) is 28.8 Å². The summed E-state index contributed by atoms with van der Waals surface area (Å²) >= 11 is 6.01. The highest BCUT2D eigenvalue weighted by Crippen LogP contribution is 2.24. The van der Waals surface area contributed by atoms with Crippen LogP contribution in [0.4, 0.5) is 0 Å². The fourth-order valence-corrected chi connectivity index (χ4v) is 2.29. The van der Waals surface area contributed by atoms with Gasteiger partial charge in [0.05, 0.1) is 29.8 Å². The summed E-state index contributed by atoms with van der Waals surface area (Å²) < 4.78 is 5.37. The lowest BCUT2D eigenvalue weighted by atomic mass is 10.1. The molecule has 98 valence electrons. The minimum absolute atomic E-state index is 0.0454. The molecule has 4 nitrogen and oxygen atoms in total. The molecule has 1 amide bonds. The molecule has 1 aliphatic rings. The van der Waals surface area contributed by atoms with Gasteiger partial charge in [-0.05, 0) is 24.6 Å². The molecule has 1 aromatic carbocycles. The molecule has 0 radical (unpaired) electrons. The third kappa shape index (κ3) is 2.60. The van der Waals surface area contributed by atoms with Crippen LogP contribution >= 0.6 is 11.6 Å². The van der Waals surface area contributed by atoms with Crippen molar-refractivity contribution in [3.8, 4) is 5.75 Å². The highest BCUT2D eigenvalue weighted by Gasteiger charge is 2.28. The first kappa shape index (κ1) is 13.2. The van der Waals surface area contributed by atoms with Crippen LogP contribution in [0.3, 0.4) is 0 Å². The van der Waals surface area contributed by atoms with E-state index in [4.69, 9.17) is 16.3 Å². The maximum absolute atomic E-state index is 12.4. The first-order valence-electron chi connectivity index (χ1n) is 6.00. The number of benzene rings is 1. The second-order valence-corrected chi connectivity index (χ2v) is 4.71. The molecule has 1 fully saturated rings. The lowest BCUT2D eigenvalue weighted by Crippen LogP contribution is -2.48. The Morgan fingerprint density at radius 1 is 1.61 bits per heavy atom. The Kier molecular flexibility index (Phi) is 4.09. The molecular weight excluding hydrogens is 254 g/mol. The molecule has 1 N–H and O–H groups in total. The molecule has 0 saturated carbocycles. The van der Waals surface area contributed by atoms with Gasteiger partial charge in [-0.3, -0.25) is 4.79 Å². The number of amides is 1. The van der Waals surface area contributed by atoms with Crippen molar-refractivity contribution < 1.29 is 14.6 Å². The fourth-order valence-electron chi connectivity index (χ4n) is 2.09. The van der Waals surface area contributed by atoms with Crippen molar-refractivity contribution in [3.63, 3.8) is 0 Å². The minimum Gasteiger partial charge on any atom is -0.508 e. The van der Waals surface area contributed by atoms with Gasteiger partial charge in [0.15, 0.2) is 0 Å². The number of morpholine rings is 1. The quantitative estimate of drug-likeness (QED) is 0.896. The predicted octanol–water partition coefficient (Wildman–Crippen LogP) is 2.30. The van der Waals surface area contributed by atoms with Gasteiger partial charge >= 0.3 is 0 Å². The fraction of sp³-hybridized carbons (Fsp3) is 0.462. The summed E-state index contributed by atoms with van der Waals surface area (Å²) in [5, 5.41) is 9.81. The average molecular weight is 270 g/mol. The number of nitrogens with zero attached hydrogens (tertiary/aromatic N) is 1. The number of rotatable bonds is 2. The van der Waals surface area contributed by atoms with Crippen LogP contribution in [0.5, 0.6) is 5.75 Å². The van der Waals surface area contributed by atoms with Crippen LogP contribution in [-0.2, 0) is 4.74 Å². The molecule has 18 heavy (non-hydrogen) atoms. The highest BCUT2D eigenvalue weighted by molar-refractivity contribution is 6.33. The van der Waals surface area contributed by atoms with Crippen LogP contribution < -0.4 is 0 Å². The summed E-state index contributed by atoms with van der Waals surface area (Å²) in [6.07, 6.45) is 0.835. The van der Waals surface area contributed by atoms with Crippen molar-refractivity contribution in [2.75, 3.05) is 19.8 Å². The molecule has 5 heteroatoms. The maximum Gasteiger partial charge on any atom is 0.255 e. The van der Waals surface area contributed by atoms with Crippen molar-refractivity contribution in [1.29, 1.82) is 0 Å². The Balaban J connectivity index is 2.26. The summed E-state index contributed by atoms with van der Waals surface area (Å²) in [7, 11) is 0. The van der Waals surface area contributed by atoms with Gasteiger partial charge in [-0.15, -0.1) is 0 Å². The Labute approximate surface area is 111 Å². The van der Waals surface area contributed by atoms with Gasteiger partial charge < -0.3 is 14.7 Å². The molecule has 0 aliphatic carbocycles. The summed E-state index contributed by atoms with van der Waals surface area (Å²) in [4.78, 5) is 14.2. The third-order valence-electron chi connectivity index (χ3n) is 3.14. The minimum atomic E-state index is -0.147. The van der Waals surface area contributed by atoms with Gasteiger partial charge in [0.25, 0.3) is 5.91 Å². The van der Waals surface area contributed by atoms with Crippen LogP contribution in [-0.4, -0.2) is 41.7 Å². The first-order valence-corrected chi connectivity index (χ1v) is 6.38. The van der Waals surface area contributed by atoms with Crippen LogP contribution in [0.15, 0.2) is 18.2 Å². The lowest BCUT2D eigenvalue weighted by Gasteiger charge is -2.35. The van der Waals surface area contributed by atoms with E-state index in [1.165, 1.54) is 18.2 Å². The van der Waals surface area contributed by atoms with Gasteiger partial charge in [0.2, 0.25) is 0 Å². The normalized spacial score (nSPS) is 19.9. The van der Waals surface area contributed by atoms with E-state index in [0.29, 0.717) is 30.3 Å². The molecule has 0 spiro atoms. The number of carbonyl (C=O) groups excluding carboxylic acids is 1. The standard InChI is InChI=1S/C13H16ClNO3/c1-2-9-8-18-6-5-15(9)13(17)11-7-10(16)3-4-12(11)14/h3-4,7,9,16H,2,5-6,8H2,1H3. The van der Waals surface area contributed by atoms with Crippen molar-refractivity contribution in [2.24, 2.45) is 0 Å². The first-order chi connectivity index (χ1) is 8.63. The largest absolute Gasteiger partial charge is 0.508 e. The molecule has 1 aliphatic heterocycles. The summed E-state index contributed by atoms with van der Waals surface area (Å²) in [6, 6.07) is 4.48. The average Bonchev–Trinajstić information content (AvgIpc) is 2.40. The monoisotopic (exact) mass is 269 g/mol. The van der Waals surface area contributed by atoms with E-state index in [0.717, 1.165) is 6.42 Å². The predicted molar refractivity (Wildman–Crippen MR) is 69.1 cm³/mol. The Hall–Kier alpha value is -1.26. The molecule has 0 aromatic heterocycles. The highest BCUT2D eigenvalue weighted by atomic mass is 35.5. The third-order valence-corrected chi connectivity index (χ3v) is 3.47. The zero-order valence-corrected chi connectivity index (χ0v) is 11.0. The van der Waals surface area contributed by atoms with Crippen LogP contribution in [0.1, 0.15) is 23.7 Å². The van der Waals surface area contributed by atoms with E-state index in [9.17, 15) is 9.90 Å². The van der Waals surface area contributed by atoms with E-state index >= 15 is 0 Å². The van der Waals surface area contributed by atoms with E-state index in [1.54, 1.807) is 4.90 Å². The van der Waals surface area contributed by atoms with Crippen LogP contribution in [0.25, 0.3) is 0 Å². The molecule has 1 atom stereocenters. The number of phenolic OH excluding ortho intramolecular Hbond substituents is 1. The summed E-state index contributed by atoms with van der Waals surface area (Å²) in [5.41, 5.74) is 0.344. The molecule has 2 rings (SSSR count). The molecule has 1 aromatic rings. The molecule has 1 heterocycles. The summed E-state index contributed by atoms with van der Waals surface area (Å²) in [5.74, 6) is -0.102. The topological polar surface area (TPSA) is 49.8 Å². The van der Waals surface area contributed by atoms with E-state index in [2.05, 4.69) is 0 Å². The van der Waals surface area contributed by atoms with Gasteiger partial charge in [-0.1, -0.05) is 18.5 Å². The molecule has 1 saturated heterocycles. The second-order valence-electron chi connectivity index (χ2n) is 4.30. The van der Waals surface area contributed by atoms with E-state index in [-0.39, 0.29) is 17.7 Å². The number of aromatic hydroxyl groups is 1. The van der Waals surface area contributed by atoms with Gasteiger partial charge in [0, 0.05) is 6.54 Å². The van der Waals surface area contributed by atoms with Gasteiger partial charge in [0.1, 0.15) is 5.75 Å². The van der Waals surface area contributed by atoms with E-state index in [1.807, 2.05) is 6.92 Å². The molecule has 0 bridgehead atoms. The van der Waals surface area contributed by atoms with Gasteiger partial charge in [-0.25, -0.2) is 0 Å². The number of ether oxygens (including phenoxy) is 1. The SMILES string of the molecule is CCC1COCCN1C(=O)c1cc(O)ccc1Cl. The van der Waals surface area contributed by atoms with Gasteiger partial charge in [-0.2, -0.15) is 0 Å². The second kappa shape index (κ2) is 5.59. The Morgan fingerprint density at radius 2 is 2.39 bits per heavy atom. The lowest BCUT2D eigenvalue weighted by molar-refractivity contribution is -0.00280. The van der Waals surface area contributed by atoms with Crippen molar-refractivity contribution in [1.82, 2.24) is 4.90 Å². The Morgan fingerprint density at radius 3 is 3.11 bits per heavy atom. The molecule has 1 unspecified atom stereocenters. The van der Waals surface area contributed by atoms with E-state index < -0.39 is 0 Å². The number of hydrogen-bond acceptors (Lipinski definition) is 3. The molecular formula is C13H16ClNO3. The number of carbonyl (C=O) groups is 1.